The lowest BCUT2D eigenvalue weighted by Gasteiger charge is -2.24. The van der Waals surface area contributed by atoms with Gasteiger partial charge in [0.1, 0.15) is 0 Å². The molecule has 14 heavy (non-hydrogen) atoms. The van der Waals surface area contributed by atoms with Gasteiger partial charge in [-0.3, -0.25) is 4.79 Å². The fourth-order valence-corrected chi connectivity index (χ4v) is 1.40. The number of nitrogens with zero attached hydrogens (tertiary/aromatic N) is 1. The molecule has 2 atom stereocenters. The highest BCUT2D eigenvalue weighted by molar-refractivity contribution is 5.81. The molecule has 3 N–H and O–H groups in total. The summed E-state index contributed by atoms with van der Waals surface area (Å²) in [4.78, 5) is 13.2. The quantitative estimate of drug-likeness (QED) is 0.598. The van der Waals surface area contributed by atoms with Crippen LogP contribution in [0.3, 0.4) is 0 Å². The number of carbonyl (C=O) groups is 1. The van der Waals surface area contributed by atoms with Crippen molar-refractivity contribution < 1.29 is 14.6 Å². The van der Waals surface area contributed by atoms with Crippen molar-refractivity contribution in [2.24, 2.45) is 5.73 Å². The molecule has 0 aromatic heterocycles. The van der Waals surface area contributed by atoms with Crippen LogP contribution in [0.4, 0.5) is 0 Å². The van der Waals surface area contributed by atoms with Gasteiger partial charge in [-0.15, -0.1) is 0 Å². The number of hydrogen-bond donors (Lipinski definition) is 2. The van der Waals surface area contributed by atoms with Crippen LogP contribution in [0.25, 0.3) is 0 Å². The standard InChI is InChI=1S/C9H18N2O3/c1-2-8(10)9(13)11-3-4-14-6-7(12)5-11/h7-8,12H,2-6,10H2,1H3/t7?,8-/m1/s1. The molecule has 0 aromatic rings. The third-order valence-corrected chi connectivity index (χ3v) is 2.32. The third-order valence-electron chi connectivity index (χ3n) is 2.32. The van der Waals surface area contributed by atoms with E-state index in [-0.39, 0.29) is 5.91 Å². The molecule has 1 saturated heterocycles. The summed E-state index contributed by atoms with van der Waals surface area (Å²) in [7, 11) is 0. The van der Waals surface area contributed by atoms with Crippen LogP contribution in [0.15, 0.2) is 0 Å². The van der Waals surface area contributed by atoms with E-state index in [1.165, 1.54) is 0 Å². The monoisotopic (exact) mass is 202 g/mol. The minimum absolute atomic E-state index is 0.1000. The number of ether oxygens (including phenoxy) is 1. The van der Waals surface area contributed by atoms with Crippen molar-refractivity contribution in [3.8, 4) is 0 Å². The van der Waals surface area contributed by atoms with Crippen LogP contribution in [0.5, 0.6) is 0 Å². The van der Waals surface area contributed by atoms with E-state index in [4.69, 9.17) is 10.5 Å². The minimum Gasteiger partial charge on any atom is -0.389 e. The van der Waals surface area contributed by atoms with E-state index in [2.05, 4.69) is 0 Å². The predicted octanol–water partition coefficient (Wildman–Crippen LogP) is -1.06. The summed E-state index contributed by atoms with van der Waals surface area (Å²) in [6.07, 6.45) is 0.0252. The Balaban J connectivity index is 2.52. The number of β-amino-alcohol motifs (C(OH)–C–C–N with tert-alkyl or cyclic N) is 1. The maximum absolute atomic E-state index is 11.7. The Labute approximate surface area is 83.8 Å². The molecule has 1 amide bonds. The third kappa shape index (κ3) is 2.94. The van der Waals surface area contributed by atoms with Gasteiger partial charge in [0.25, 0.3) is 0 Å². The molecule has 1 aliphatic heterocycles. The lowest BCUT2D eigenvalue weighted by atomic mass is 10.2. The summed E-state index contributed by atoms with van der Waals surface area (Å²) < 4.78 is 5.12. The second kappa shape index (κ2) is 5.29. The second-order valence-electron chi connectivity index (χ2n) is 3.53. The Kier molecular flexibility index (Phi) is 4.31. The van der Waals surface area contributed by atoms with E-state index < -0.39 is 12.1 Å². The zero-order chi connectivity index (χ0) is 10.6. The van der Waals surface area contributed by atoms with Gasteiger partial charge in [0.05, 0.1) is 25.4 Å². The normalized spacial score (nSPS) is 25.6. The highest BCUT2D eigenvalue weighted by Crippen LogP contribution is 2.03. The Morgan fingerprint density at radius 3 is 3.14 bits per heavy atom. The molecule has 1 fully saturated rings. The molecule has 0 spiro atoms. The maximum atomic E-state index is 11.7. The van der Waals surface area contributed by atoms with E-state index in [1.54, 1.807) is 4.90 Å². The van der Waals surface area contributed by atoms with Crippen molar-refractivity contribution in [1.82, 2.24) is 4.90 Å². The average molecular weight is 202 g/mol. The molecule has 1 rings (SSSR count). The molecule has 5 heteroatoms. The SMILES string of the molecule is CC[C@@H](N)C(=O)N1CCOCC(O)C1. The molecule has 0 bridgehead atoms. The molecular weight excluding hydrogens is 184 g/mol. The van der Waals surface area contributed by atoms with E-state index in [0.717, 1.165) is 0 Å². The molecule has 0 aliphatic carbocycles. The van der Waals surface area contributed by atoms with Crippen molar-refractivity contribution in [2.75, 3.05) is 26.3 Å². The Hall–Kier alpha value is -0.650. The highest BCUT2D eigenvalue weighted by atomic mass is 16.5. The first-order valence-corrected chi connectivity index (χ1v) is 4.95. The van der Waals surface area contributed by atoms with E-state index in [1.807, 2.05) is 6.92 Å². The zero-order valence-corrected chi connectivity index (χ0v) is 8.48. The molecule has 0 aromatic carbocycles. The van der Waals surface area contributed by atoms with Crippen molar-refractivity contribution in [3.05, 3.63) is 0 Å². The maximum Gasteiger partial charge on any atom is 0.239 e. The van der Waals surface area contributed by atoms with E-state index >= 15 is 0 Å². The van der Waals surface area contributed by atoms with Crippen LogP contribution < -0.4 is 5.73 Å². The largest absolute Gasteiger partial charge is 0.389 e. The zero-order valence-electron chi connectivity index (χ0n) is 8.48. The number of carbonyl (C=O) groups excluding carboxylic acids is 1. The van der Waals surface area contributed by atoms with Crippen molar-refractivity contribution >= 4 is 5.91 Å². The predicted molar refractivity (Wildman–Crippen MR) is 51.7 cm³/mol. The first-order valence-electron chi connectivity index (χ1n) is 4.95. The molecule has 1 aliphatic rings. The van der Waals surface area contributed by atoms with E-state index in [0.29, 0.717) is 32.7 Å². The number of amides is 1. The number of nitrogens with two attached hydrogens (primary N) is 1. The topological polar surface area (TPSA) is 75.8 Å². The lowest BCUT2D eigenvalue weighted by Crippen LogP contribution is -2.46. The molecule has 0 saturated carbocycles. The van der Waals surface area contributed by atoms with Crippen LogP contribution in [0.2, 0.25) is 0 Å². The molecule has 0 radical (unpaired) electrons. The first kappa shape index (κ1) is 11.4. The van der Waals surface area contributed by atoms with Crippen LogP contribution in [0.1, 0.15) is 13.3 Å². The first-order chi connectivity index (χ1) is 6.65. The van der Waals surface area contributed by atoms with Crippen LogP contribution in [-0.4, -0.2) is 54.4 Å². The Morgan fingerprint density at radius 1 is 1.79 bits per heavy atom. The van der Waals surface area contributed by atoms with Gasteiger partial charge in [0.15, 0.2) is 0 Å². The Bertz CT molecular complexity index is 198. The van der Waals surface area contributed by atoms with Gasteiger partial charge in [0.2, 0.25) is 5.91 Å². The Morgan fingerprint density at radius 2 is 2.50 bits per heavy atom. The second-order valence-corrected chi connectivity index (χ2v) is 3.53. The van der Waals surface area contributed by atoms with Crippen molar-refractivity contribution in [1.29, 1.82) is 0 Å². The molecule has 5 nitrogen and oxygen atoms in total. The minimum atomic E-state index is -0.592. The van der Waals surface area contributed by atoms with Crippen LogP contribution in [0, 0.1) is 0 Å². The number of aliphatic hydroxyl groups excluding tert-OH is 1. The van der Waals surface area contributed by atoms with Crippen molar-refractivity contribution in [3.63, 3.8) is 0 Å². The summed E-state index contributed by atoms with van der Waals surface area (Å²) in [5, 5.41) is 9.40. The fraction of sp³-hybridized carbons (Fsp3) is 0.889. The van der Waals surface area contributed by atoms with Gasteiger partial charge in [-0.05, 0) is 6.42 Å². The summed E-state index contributed by atoms with van der Waals surface area (Å²) in [6.45, 7) is 3.48. The van der Waals surface area contributed by atoms with Crippen LogP contribution in [-0.2, 0) is 9.53 Å². The van der Waals surface area contributed by atoms with Gasteiger partial charge in [-0.2, -0.15) is 0 Å². The molecular formula is C9H18N2O3. The molecule has 1 unspecified atom stereocenters. The molecule has 82 valence electrons. The van der Waals surface area contributed by atoms with Crippen LogP contribution >= 0.6 is 0 Å². The summed E-state index contributed by atoms with van der Waals surface area (Å²) in [5.74, 6) is -0.1000. The smallest absolute Gasteiger partial charge is 0.239 e. The number of rotatable bonds is 2. The summed E-state index contributed by atoms with van der Waals surface area (Å²) in [6, 6.07) is -0.458. The van der Waals surface area contributed by atoms with Crippen molar-refractivity contribution in [2.45, 2.75) is 25.5 Å². The van der Waals surface area contributed by atoms with E-state index in [9.17, 15) is 9.90 Å². The number of hydrogen-bond acceptors (Lipinski definition) is 4. The van der Waals surface area contributed by atoms with Gasteiger partial charge in [-0.1, -0.05) is 6.92 Å². The van der Waals surface area contributed by atoms with Gasteiger partial charge < -0.3 is 20.5 Å². The fourth-order valence-electron chi connectivity index (χ4n) is 1.40. The summed E-state index contributed by atoms with van der Waals surface area (Å²) >= 11 is 0. The van der Waals surface area contributed by atoms with Gasteiger partial charge in [0, 0.05) is 13.1 Å². The van der Waals surface area contributed by atoms with Gasteiger partial charge in [-0.25, -0.2) is 0 Å². The average Bonchev–Trinajstić information content (AvgIpc) is 2.40. The number of aliphatic hydroxyl groups is 1. The lowest BCUT2D eigenvalue weighted by molar-refractivity contribution is -0.133. The highest BCUT2D eigenvalue weighted by Gasteiger charge is 2.23. The summed E-state index contributed by atoms with van der Waals surface area (Å²) in [5.41, 5.74) is 5.63. The van der Waals surface area contributed by atoms with Gasteiger partial charge >= 0.3 is 0 Å². The molecule has 1 heterocycles.